The number of hydrogen-bond donors (Lipinski definition) is 1. The summed E-state index contributed by atoms with van der Waals surface area (Å²) in [7, 11) is -4.84. The molecule has 2 aromatic carbocycles. The summed E-state index contributed by atoms with van der Waals surface area (Å²) in [6.45, 7) is 3.60. The lowest BCUT2D eigenvalue weighted by Crippen LogP contribution is -2.47. The maximum absolute atomic E-state index is 13.2. The van der Waals surface area contributed by atoms with E-state index in [9.17, 15) is 21.6 Å². The number of carbonyl (C=O) groups is 1. The fourth-order valence-corrected chi connectivity index (χ4v) is 6.20. The Bertz CT molecular complexity index is 1240. The standard InChI is InChI=1S/C20H24ClN3O6S2/c1-14-4-5-15(12-19(14)32(28,29)24-10-8-23(2)9-11-24)22-31(26,27)16-6-7-18(21)17(13-16)20(25)30-3/h4-7,12-13,22H,8-11H2,1-3H3. The van der Waals surface area contributed by atoms with Gasteiger partial charge in [-0.3, -0.25) is 4.72 Å². The Morgan fingerprint density at radius 2 is 1.69 bits per heavy atom. The zero-order valence-corrected chi connectivity index (χ0v) is 20.2. The smallest absolute Gasteiger partial charge is 0.339 e. The molecule has 1 fully saturated rings. The number of sulfonamides is 2. The lowest BCUT2D eigenvalue weighted by Gasteiger charge is -2.32. The first-order valence-electron chi connectivity index (χ1n) is 9.66. The van der Waals surface area contributed by atoms with Gasteiger partial charge < -0.3 is 9.64 Å². The number of ether oxygens (including phenoxy) is 1. The van der Waals surface area contributed by atoms with Gasteiger partial charge in [0.25, 0.3) is 10.0 Å². The van der Waals surface area contributed by atoms with Gasteiger partial charge >= 0.3 is 5.97 Å². The molecule has 1 heterocycles. The van der Waals surface area contributed by atoms with Crippen molar-refractivity contribution in [3.63, 3.8) is 0 Å². The van der Waals surface area contributed by atoms with E-state index in [1.807, 2.05) is 11.9 Å². The molecule has 1 N–H and O–H groups in total. The third kappa shape index (κ3) is 5.07. The van der Waals surface area contributed by atoms with Gasteiger partial charge in [-0.2, -0.15) is 4.31 Å². The normalized spacial score (nSPS) is 16.0. The summed E-state index contributed by atoms with van der Waals surface area (Å²) in [4.78, 5) is 13.7. The van der Waals surface area contributed by atoms with Crippen molar-refractivity contribution in [2.45, 2.75) is 16.7 Å². The van der Waals surface area contributed by atoms with E-state index in [1.165, 1.54) is 28.6 Å². The molecule has 174 valence electrons. The molecule has 32 heavy (non-hydrogen) atoms. The van der Waals surface area contributed by atoms with Gasteiger partial charge in [0.05, 0.1) is 33.2 Å². The largest absolute Gasteiger partial charge is 0.465 e. The highest BCUT2D eigenvalue weighted by Crippen LogP contribution is 2.27. The highest BCUT2D eigenvalue weighted by molar-refractivity contribution is 7.92. The monoisotopic (exact) mass is 501 g/mol. The number of carbonyl (C=O) groups excluding carboxylic acids is 1. The summed E-state index contributed by atoms with van der Waals surface area (Å²) in [6, 6.07) is 7.95. The van der Waals surface area contributed by atoms with Crippen molar-refractivity contribution in [1.29, 1.82) is 0 Å². The van der Waals surface area contributed by atoms with Gasteiger partial charge in [0.1, 0.15) is 0 Å². The maximum Gasteiger partial charge on any atom is 0.339 e. The van der Waals surface area contributed by atoms with Crippen molar-refractivity contribution in [2.24, 2.45) is 0 Å². The van der Waals surface area contributed by atoms with Gasteiger partial charge in [0.2, 0.25) is 10.0 Å². The van der Waals surface area contributed by atoms with Crippen molar-refractivity contribution in [3.8, 4) is 0 Å². The minimum Gasteiger partial charge on any atom is -0.465 e. The summed E-state index contributed by atoms with van der Waals surface area (Å²) < 4.78 is 60.5. The van der Waals surface area contributed by atoms with E-state index in [2.05, 4.69) is 9.46 Å². The number of benzene rings is 2. The summed E-state index contributed by atoms with van der Waals surface area (Å²) in [5, 5.41) is 0.0479. The lowest BCUT2D eigenvalue weighted by molar-refractivity contribution is 0.0600. The van der Waals surface area contributed by atoms with Crippen LogP contribution in [0.15, 0.2) is 46.2 Å². The first kappa shape index (κ1) is 24.5. The van der Waals surface area contributed by atoms with E-state index in [4.69, 9.17) is 11.6 Å². The third-order valence-electron chi connectivity index (χ3n) is 5.17. The summed E-state index contributed by atoms with van der Waals surface area (Å²) in [5.41, 5.74) is 0.489. The molecule has 0 amide bonds. The van der Waals surface area contributed by atoms with E-state index < -0.39 is 26.0 Å². The van der Waals surface area contributed by atoms with Gasteiger partial charge in [-0.25, -0.2) is 21.6 Å². The molecule has 0 aliphatic carbocycles. The molecule has 1 aliphatic heterocycles. The molecule has 2 aromatic rings. The van der Waals surface area contributed by atoms with Crippen LogP contribution in [0.2, 0.25) is 5.02 Å². The predicted octanol–water partition coefficient (Wildman–Crippen LogP) is 2.17. The van der Waals surface area contributed by atoms with E-state index in [0.29, 0.717) is 31.7 Å². The van der Waals surface area contributed by atoms with Gasteiger partial charge in [0.15, 0.2) is 0 Å². The molecule has 12 heteroatoms. The van der Waals surface area contributed by atoms with Crippen molar-refractivity contribution in [1.82, 2.24) is 9.21 Å². The molecule has 9 nitrogen and oxygen atoms in total. The molecule has 0 radical (unpaired) electrons. The number of hydrogen-bond acceptors (Lipinski definition) is 7. The van der Waals surface area contributed by atoms with E-state index >= 15 is 0 Å². The first-order valence-corrected chi connectivity index (χ1v) is 13.0. The number of methoxy groups -OCH3 is 1. The Balaban J connectivity index is 1.93. The van der Waals surface area contributed by atoms with Crippen LogP contribution in [0.3, 0.4) is 0 Å². The maximum atomic E-state index is 13.2. The second-order valence-corrected chi connectivity index (χ2v) is 11.4. The van der Waals surface area contributed by atoms with Crippen LogP contribution in [0.4, 0.5) is 5.69 Å². The van der Waals surface area contributed by atoms with Crippen molar-refractivity contribution < 1.29 is 26.4 Å². The fourth-order valence-electron chi connectivity index (χ4n) is 3.26. The summed E-state index contributed by atoms with van der Waals surface area (Å²) in [6.07, 6.45) is 0. The quantitative estimate of drug-likeness (QED) is 0.603. The molecule has 1 saturated heterocycles. The Morgan fingerprint density at radius 3 is 2.31 bits per heavy atom. The number of piperazine rings is 1. The first-order chi connectivity index (χ1) is 15.0. The van der Waals surface area contributed by atoms with Crippen molar-refractivity contribution in [2.75, 3.05) is 45.1 Å². The topological polar surface area (TPSA) is 113 Å². The number of anilines is 1. The number of aryl methyl sites for hydroxylation is 1. The number of halogens is 1. The zero-order chi connectivity index (χ0) is 23.7. The van der Waals surface area contributed by atoms with Crippen molar-refractivity contribution >= 4 is 43.3 Å². The highest BCUT2D eigenvalue weighted by atomic mass is 35.5. The summed E-state index contributed by atoms with van der Waals surface area (Å²) >= 11 is 5.96. The second kappa shape index (κ2) is 9.36. The molecule has 0 spiro atoms. The molecule has 1 aliphatic rings. The number of esters is 1. The number of nitrogens with zero attached hydrogens (tertiary/aromatic N) is 2. The van der Waals surface area contributed by atoms with Gasteiger partial charge in [0, 0.05) is 26.2 Å². The van der Waals surface area contributed by atoms with E-state index in [-0.39, 0.29) is 26.1 Å². The van der Waals surface area contributed by atoms with Crippen LogP contribution in [0.1, 0.15) is 15.9 Å². The van der Waals surface area contributed by atoms with Crippen LogP contribution in [-0.4, -0.2) is 72.3 Å². The summed E-state index contributed by atoms with van der Waals surface area (Å²) in [5.74, 6) is -0.775. The molecule has 0 aromatic heterocycles. The fraction of sp³-hybridized carbons (Fsp3) is 0.350. The SMILES string of the molecule is COC(=O)c1cc(S(=O)(=O)Nc2ccc(C)c(S(=O)(=O)N3CCN(C)CC3)c2)ccc1Cl. The minimum absolute atomic E-state index is 0.0357. The van der Waals surface area contributed by atoms with Crippen LogP contribution in [0.5, 0.6) is 0 Å². The van der Waals surface area contributed by atoms with Gasteiger partial charge in [-0.1, -0.05) is 17.7 Å². The number of likely N-dealkylation sites (N-methyl/N-ethyl adjacent to an activating group) is 1. The predicted molar refractivity (Wildman–Crippen MR) is 121 cm³/mol. The third-order valence-corrected chi connectivity index (χ3v) is 8.92. The zero-order valence-electron chi connectivity index (χ0n) is 17.8. The Hall–Kier alpha value is -2.18. The van der Waals surface area contributed by atoms with Crippen LogP contribution in [-0.2, 0) is 24.8 Å². The lowest BCUT2D eigenvalue weighted by atomic mass is 10.2. The Morgan fingerprint density at radius 1 is 1.03 bits per heavy atom. The molecule has 3 rings (SSSR count). The Kier molecular flexibility index (Phi) is 7.15. The van der Waals surface area contributed by atoms with Gasteiger partial charge in [-0.05, 0) is 49.9 Å². The van der Waals surface area contributed by atoms with Gasteiger partial charge in [-0.15, -0.1) is 0 Å². The number of rotatable bonds is 6. The molecule has 0 atom stereocenters. The van der Waals surface area contributed by atoms with Crippen LogP contribution in [0.25, 0.3) is 0 Å². The van der Waals surface area contributed by atoms with Crippen molar-refractivity contribution in [3.05, 3.63) is 52.5 Å². The van der Waals surface area contributed by atoms with Crippen LogP contribution < -0.4 is 4.72 Å². The molecular weight excluding hydrogens is 478 g/mol. The molecule has 0 saturated carbocycles. The van der Waals surface area contributed by atoms with E-state index in [0.717, 1.165) is 13.2 Å². The second-order valence-electron chi connectivity index (χ2n) is 7.43. The molecular formula is C20H24ClN3O6S2. The van der Waals surface area contributed by atoms with Crippen LogP contribution >= 0.6 is 11.6 Å². The minimum atomic E-state index is -4.13. The molecule has 0 unspecified atom stereocenters. The Labute approximate surface area is 193 Å². The molecule has 0 bridgehead atoms. The average molecular weight is 502 g/mol. The number of nitrogens with one attached hydrogen (secondary N) is 1. The van der Waals surface area contributed by atoms with E-state index in [1.54, 1.807) is 13.0 Å². The average Bonchev–Trinajstić information content (AvgIpc) is 2.74. The highest BCUT2D eigenvalue weighted by Gasteiger charge is 2.29. The van der Waals surface area contributed by atoms with Crippen LogP contribution in [0, 0.1) is 6.92 Å².